The van der Waals surface area contributed by atoms with Crippen LogP contribution in [0.2, 0.25) is 0 Å². The molecule has 0 saturated heterocycles. The lowest BCUT2D eigenvalue weighted by Gasteiger charge is -2.32. The van der Waals surface area contributed by atoms with Crippen LogP contribution in [0.3, 0.4) is 0 Å². The lowest BCUT2D eigenvalue weighted by molar-refractivity contribution is -0.0123. The Morgan fingerprint density at radius 2 is 2.17 bits per heavy atom. The van der Waals surface area contributed by atoms with Crippen molar-refractivity contribution in [3.8, 4) is 0 Å². The minimum atomic E-state index is -0.727. The Morgan fingerprint density at radius 1 is 1.39 bits per heavy atom. The molecule has 0 unspecified atom stereocenters. The molecule has 4 nitrogen and oxygen atoms in total. The van der Waals surface area contributed by atoms with E-state index in [2.05, 4.69) is 4.98 Å². The molecule has 1 saturated carbocycles. The molecular weight excluding hydrogens is 248 g/mol. The summed E-state index contributed by atoms with van der Waals surface area (Å²) in [6.45, 7) is 0.368. The average Bonchev–Trinajstić information content (AvgIpc) is 2.83. The summed E-state index contributed by atoms with van der Waals surface area (Å²) in [6.07, 6.45) is 6.38. The van der Waals surface area contributed by atoms with E-state index in [1.54, 1.807) is 10.9 Å². The molecule has 0 atom stereocenters. The number of rotatable bonds is 2. The minimum Gasteiger partial charge on any atom is -0.388 e. The zero-order chi connectivity index (χ0) is 12.6. The maximum atomic E-state index is 12.2. The van der Waals surface area contributed by atoms with Crippen LogP contribution < -0.4 is 5.56 Å². The van der Waals surface area contributed by atoms with Gasteiger partial charge in [-0.1, -0.05) is 19.3 Å². The van der Waals surface area contributed by atoms with Gasteiger partial charge in [-0.3, -0.25) is 9.36 Å². The summed E-state index contributed by atoms with van der Waals surface area (Å²) in [5.74, 6) is 0. The molecule has 2 aromatic rings. The van der Waals surface area contributed by atoms with Gasteiger partial charge >= 0.3 is 0 Å². The topological polar surface area (TPSA) is 55.1 Å². The smallest absolute Gasteiger partial charge is 0.271 e. The highest BCUT2D eigenvalue weighted by molar-refractivity contribution is 7.17. The van der Waals surface area contributed by atoms with Crippen molar-refractivity contribution in [3.63, 3.8) is 0 Å². The zero-order valence-corrected chi connectivity index (χ0v) is 10.9. The van der Waals surface area contributed by atoms with E-state index in [0.29, 0.717) is 11.2 Å². The Kier molecular flexibility index (Phi) is 2.95. The molecule has 5 heteroatoms. The van der Waals surface area contributed by atoms with Gasteiger partial charge in [-0.05, 0) is 24.3 Å². The summed E-state index contributed by atoms with van der Waals surface area (Å²) in [7, 11) is 0. The molecule has 96 valence electrons. The van der Waals surface area contributed by atoms with Crippen molar-refractivity contribution in [2.45, 2.75) is 44.2 Å². The third kappa shape index (κ3) is 2.08. The standard InChI is InChI=1S/C13H16N2O2S/c16-12-11-10(4-7-18-11)14-9-15(12)8-13(17)5-2-1-3-6-13/h4,7,9,17H,1-3,5-6,8H2. The maximum absolute atomic E-state index is 12.2. The predicted octanol–water partition coefficient (Wildman–Crippen LogP) is 2.15. The van der Waals surface area contributed by atoms with Gasteiger partial charge in [-0.15, -0.1) is 11.3 Å². The van der Waals surface area contributed by atoms with Crippen LogP contribution in [-0.2, 0) is 6.54 Å². The van der Waals surface area contributed by atoms with Gasteiger partial charge in [0.2, 0.25) is 0 Å². The second-order valence-electron chi connectivity index (χ2n) is 5.10. The van der Waals surface area contributed by atoms with E-state index in [0.717, 1.165) is 31.2 Å². The second kappa shape index (κ2) is 4.48. The van der Waals surface area contributed by atoms with E-state index in [-0.39, 0.29) is 5.56 Å². The summed E-state index contributed by atoms with van der Waals surface area (Å²) >= 11 is 1.41. The molecule has 0 bridgehead atoms. The van der Waals surface area contributed by atoms with Gasteiger partial charge in [0.1, 0.15) is 4.70 Å². The van der Waals surface area contributed by atoms with Gasteiger partial charge in [0.15, 0.2) is 0 Å². The van der Waals surface area contributed by atoms with Gasteiger partial charge < -0.3 is 5.11 Å². The van der Waals surface area contributed by atoms with Crippen molar-refractivity contribution < 1.29 is 5.11 Å². The molecule has 0 amide bonds. The van der Waals surface area contributed by atoms with Gasteiger partial charge in [0.25, 0.3) is 5.56 Å². The summed E-state index contributed by atoms with van der Waals surface area (Å²) in [5.41, 5.74) is -0.0137. The second-order valence-corrected chi connectivity index (χ2v) is 6.01. The monoisotopic (exact) mass is 264 g/mol. The number of aromatic nitrogens is 2. The van der Waals surface area contributed by atoms with Crippen LogP contribution in [0, 0.1) is 0 Å². The molecular formula is C13H16N2O2S. The van der Waals surface area contributed by atoms with Crippen molar-refractivity contribution in [2.75, 3.05) is 0 Å². The predicted molar refractivity (Wildman–Crippen MR) is 71.9 cm³/mol. The number of nitrogens with zero attached hydrogens (tertiary/aromatic N) is 2. The summed E-state index contributed by atoms with van der Waals surface area (Å²) in [5, 5.41) is 12.4. The van der Waals surface area contributed by atoms with Crippen LogP contribution in [0.5, 0.6) is 0 Å². The molecule has 2 aromatic heterocycles. The number of hydrogen-bond acceptors (Lipinski definition) is 4. The van der Waals surface area contributed by atoms with Crippen molar-refractivity contribution >= 4 is 21.6 Å². The van der Waals surface area contributed by atoms with Crippen molar-refractivity contribution in [1.82, 2.24) is 9.55 Å². The third-order valence-corrected chi connectivity index (χ3v) is 4.58. The summed E-state index contributed by atoms with van der Waals surface area (Å²) < 4.78 is 2.24. The fourth-order valence-electron chi connectivity index (χ4n) is 2.68. The van der Waals surface area contributed by atoms with Gasteiger partial charge in [-0.25, -0.2) is 4.98 Å². The first kappa shape index (κ1) is 11.9. The Hall–Kier alpha value is -1.20. The highest BCUT2D eigenvalue weighted by Crippen LogP contribution is 2.29. The zero-order valence-electron chi connectivity index (χ0n) is 10.1. The molecule has 0 aliphatic heterocycles. The Labute approximate surface area is 109 Å². The molecule has 18 heavy (non-hydrogen) atoms. The highest BCUT2D eigenvalue weighted by Gasteiger charge is 2.30. The van der Waals surface area contributed by atoms with Crippen molar-refractivity contribution in [1.29, 1.82) is 0 Å². The summed E-state index contributed by atoms with van der Waals surface area (Å²) in [4.78, 5) is 16.5. The Morgan fingerprint density at radius 3 is 2.94 bits per heavy atom. The Balaban J connectivity index is 1.94. The maximum Gasteiger partial charge on any atom is 0.271 e. The quantitative estimate of drug-likeness (QED) is 0.904. The van der Waals surface area contributed by atoms with Crippen LogP contribution in [0.1, 0.15) is 32.1 Å². The highest BCUT2D eigenvalue weighted by atomic mass is 32.1. The number of fused-ring (bicyclic) bond motifs is 1. The third-order valence-electron chi connectivity index (χ3n) is 3.68. The molecule has 3 rings (SSSR count). The van der Waals surface area contributed by atoms with E-state index in [9.17, 15) is 9.90 Å². The van der Waals surface area contributed by atoms with Crippen molar-refractivity contribution in [3.05, 3.63) is 28.1 Å². The van der Waals surface area contributed by atoms with Gasteiger partial charge in [0.05, 0.1) is 24.0 Å². The lowest BCUT2D eigenvalue weighted by atomic mass is 9.85. The molecule has 1 aliphatic carbocycles. The van der Waals surface area contributed by atoms with Gasteiger partial charge in [-0.2, -0.15) is 0 Å². The van der Waals surface area contributed by atoms with Crippen LogP contribution >= 0.6 is 11.3 Å². The molecule has 0 spiro atoms. The number of aliphatic hydroxyl groups is 1. The van der Waals surface area contributed by atoms with Crippen LogP contribution in [0.25, 0.3) is 10.2 Å². The van der Waals surface area contributed by atoms with E-state index in [4.69, 9.17) is 0 Å². The van der Waals surface area contributed by atoms with Gasteiger partial charge in [0, 0.05) is 0 Å². The van der Waals surface area contributed by atoms with Crippen molar-refractivity contribution in [2.24, 2.45) is 0 Å². The summed E-state index contributed by atoms with van der Waals surface area (Å²) in [6, 6.07) is 1.85. The minimum absolute atomic E-state index is 0.0333. The lowest BCUT2D eigenvalue weighted by Crippen LogP contribution is -2.39. The van der Waals surface area contributed by atoms with Crippen LogP contribution in [0.15, 0.2) is 22.6 Å². The van der Waals surface area contributed by atoms with Crippen LogP contribution in [0.4, 0.5) is 0 Å². The average molecular weight is 264 g/mol. The SMILES string of the molecule is O=c1c2sccc2ncn1CC1(O)CCCCC1. The number of thiophene rings is 1. The van der Waals surface area contributed by atoms with E-state index >= 15 is 0 Å². The molecule has 0 aromatic carbocycles. The first-order valence-corrected chi connectivity index (χ1v) is 7.21. The first-order chi connectivity index (χ1) is 8.68. The normalized spacial score (nSPS) is 19.2. The molecule has 1 N–H and O–H groups in total. The molecule has 1 fully saturated rings. The molecule has 0 radical (unpaired) electrons. The number of hydrogen-bond donors (Lipinski definition) is 1. The fraction of sp³-hybridized carbons (Fsp3) is 0.538. The fourth-order valence-corrected chi connectivity index (χ4v) is 3.47. The Bertz CT molecular complexity index is 611. The largest absolute Gasteiger partial charge is 0.388 e. The van der Waals surface area contributed by atoms with E-state index in [1.165, 1.54) is 17.8 Å². The first-order valence-electron chi connectivity index (χ1n) is 6.33. The molecule has 1 aliphatic rings. The van der Waals surface area contributed by atoms with E-state index in [1.807, 2.05) is 11.4 Å². The van der Waals surface area contributed by atoms with Crippen LogP contribution in [-0.4, -0.2) is 20.3 Å². The van der Waals surface area contributed by atoms with E-state index < -0.39 is 5.60 Å². The molecule has 2 heterocycles.